The van der Waals surface area contributed by atoms with Gasteiger partial charge in [-0.25, -0.2) is 9.78 Å². The van der Waals surface area contributed by atoms with Crippen molar-refractivity contribution in [3.05, 3.63) is 22.8 Å². The van der Waals surface area contributed by atoms with Gasteiger partial charge in [0.1, 0.15) is 11.5 Å². The highest BCUT2D eigenvalue weighted by Crippen LogP contribution is 2.16. The van der Waals surface area contributed by atoms with Crippen molar-refractivity contribution < 1.29 is 9.59 Å². The van der Waals surface area contributed by atoms with Gasteiger partial charge >= 0.3 is 6.03 Å². The minimum Gasteiger partial charge on any atom is -0.370 e. The van der Waals surface area contributed by atoms with Crippen LogP contribution in [0.2, 0.25) is 5.02 Å². The lowest BCUT2D eigenvalue weighted by Crippen LogP contribution is -2.37. The van der Waals surface area contributed by atoms with Crippen LogP contribution in [-0.4, -0.2) is 36.6 Å². The van der Waals surface area contributed by atoms with Crippen molar-refractivity contribution >= 4 is 29.4 Å². The Morgan fingerprint density at radius 3 is 2.60 bits per heavy atom. The number of nitrogens with two attached hydrogens (primary N) is 1. The van der Waals surface area contributed by atoms with E-state index in [0.29, 0.717) is 5.82 Å². The minimum atomic E-state index is -0.638. The molecule has 20 heavy (non-hydrogen) atoms. The van der Waals surface area contributed by atoms with Crippen molar-refractivity contribution in [2.24, 2.45) is 5.73 Å². The third kappa shape index (κ3) is 5.31. The summed E-state index contributed by atoms with van der Waals surface area (Å²) >= 11 is 5.95. The molecule has 1 rings (SSSR count). The fourth-order valence-electron chi connectivity index (χ4n) is 1.40. The smallest absolute Gasteiger partial charge is 0.312 e. The SMILES string of the molecule is CCCNc1ccc(Cl)c(C(=O)NCCNC(N)=O)n1. The maximum Gasteiger partial charge on any atom is 0.312 e. The van der Waals surface area contributed by atoms with Crippen LogP contribution in [0.3, 0.4) is 0 Å². The molecule has 0 saturated carbocycles. The second-order valence-corrected chi connectivity index (χ2v) is 4.41. The van der Waals surface area contributed by atoms with Crippen molar-refractivity contribution in [1.29, 1.82) is 0 Å². The Bertz CT molecular complexity index is 481. The lowest BCUT2D eigenvalue weighted by atomic mass is 10.3. The lowest BCUT2D eigenvalue weighted by Gasteiger charge is -2.09. The van der Waals surface area contributed by atoms with Crippen molar-refractivity contribution in [3.8, 4) is 0 Å². The number of aromatic nitrogens is 1. The molecule has 0 atom stereocenters. The van der Waals surface area contributed by atoms with E-state index in [2.05, 4.69) is 20.9 Å². The fourth-order valence-corrected chi connectivity index (χ4v) is 1.59. The van der Waals surface area contributed by atoms with E-state index in [9.17, 15) is 9.59 Å². The first kappa shape index (κ1) is 16.0. The third-order valence-electron chi connectivity index (χ3n) is 2.33. The number of amides is 3. The molecule has 0 fully saturated rings. The zero-order chi connectivity index (χ0) is 15.0. The van der Waals surface area contributed by atoms with Gasteiger partial charge in [-0.1, -0.05) is 18.5 Å². The molecule has 0 aromatic carbocycles. The van der Waals surface area contributed by atoms with Crippen LogP contribution in [0.15, 0.2) is 12.1 Å². The highest BCUT2D eigenvalue weighted by Gasteiger charge is 2.12. The first-order chi connectivity index (χ1) is 9.54. The first-order valence-electron chi connectivity index (χ1n) is 6.26. The summed E-state index contributed by atoms with van der Waals surface area (Å²) in [7, 11) is 0. The largest absolute Gasteiger partial charge is 0.370 e. The zero-order valence-electron chi connectivity index (χ0n) is 11.2. The molecule has 0 bridgehead atoms. The summed E-state index contributed by atoms with van der Waals surface area (Å²) in [5.74, 6) is 0.193. The summed E-state index contributed by atoms with van der Waals surface area (Å²) in [4.78, 5) is 26.5. The number of halogens is 1. The summed E-state index contributed by atoms with van der Waals surface area (Å²) < 4.78 is 0. The van der Waals surface area contributed by atoms with Crippen molar-refractivity contribution in [3.63, 3.8) is 0 Å². The Hall–Kier alpha value is -2.02. The summed E-state index contributed by atoms with van der Waals surface area (Å²) in [5.41, 5.74) is 5.05. The fraction of sp³-hybridized carbons (Fsp3) is 0.417. The third-order valence-corrected chi connectivity index (χ3v) is 2.63. The minimum absolute atomic E-state index is 0.145. The molecule has 0 aliphatic rings. The van der Waals surface area contributed by atoms with Crippen LogP contribution in [-0.2, 0) is 0 Å². The molecule has 0 aliphatic heterocycles. The Morgan fingerprint density at radius 1 is 1.25 bits per heavy atom. The molecule has 0 aliphatic carbocycles. The predicted octanol–water partition coefficient (Wildman–Crippen LogP) is 0.955. The van der Waals surface area contributed by atoms with E-state index in [1.54, 1.807) is 12.1 Å². The van der Waals surface area contributed by atoms with E-state index in [-0.39, 0.29) is 23.8 Å². The maximum absolute atomic E-state index is 11.9. The van der Waals surface area contributed by atoms with Crippen LogP contribution in [0.25, 0.3) is 0 Å². The highest BCUT2D eigenvalue weighted by molar-refractivity contribution is 6.33. The van der Waals surface area contributed by atoms with Gasteiger partial charge in [-0.2, -0.15) is 0 Å². The number of nitrogens with zero attached hydrogens (tertiary/aromatic N) is 1. The molecule has 110 valence electrons. The van der Waals surface area contributed by atoms with E-state index in [4.69, 9.17) is 17.3 Å². The summed E-state index contributed by atoms with van der Waals surface area (Å²) in [6, 6.07) is 2.69. The number of urea groups is 1. The standard InChI is InChI=1S/C12H18ClN5O2/c1-2-5-15-9-4-3-8(13)10(18-9)11(19)16-6-7-17-12(14)20/h3-4H,2,5-7H2,1H3,(H,15,18)(H,16,19)(H3,14,17,20). The second kappa shape index (κ2) is 8.21. The molecule has 1 heterocycles. The van der Waals surface area contributed by atoms with Crippen LogP contribution in [0.1, 0.15) is 23.8 Å². The molecule has 0 saturated heterocycles. The number of pyridine rings is 1. The molecule has 1 aromatic heterocycles. The number of anilines is 1. The quantitative estimate of drug-likeness (QED) is 0.562. The Kier molecular flexibility index (Phi) is 6.58. The monoisotopic (exact) mass is 299 g/mol. The summed E-state index contributed by atoms with van der Waals surface area (Å²) in [5, 5.41) is 8.31. The van der Waals surface area contributed by atoms with Gasteiger partial charge in [0.25, 0.3) is 5.91 Å². The van der Waals surface area contributed by atoms with E-state index >= 15 is 0 Å². The molecule has 0 unspecified atom stereocenters. The average Bonchev–Trinajstić information content (AvgIpc) is 2.42. The Labute approximate surface area is 122 Å². The van der Waals surface area contributed by atoms with Gasteiger partial charge in [-0.05, 0) is 18.6 Å². The highest BCUT2D eigenvalue weighted by atomic mass is 35.5. The number of carbonyl (C=O) groups excluding carboxylic acids is 2. The molecule has 0 spiro atoms. The normalized spacial score (nSPS) is 9.90. The molecule has 8 heteroatoms. The van der Waals surface area contributed by atoms with Crippen LogP contribution in [0.4, 0.5) is 10.6 Å². The van der Waals surface area contributed by atoms with Crippen LogP contribution in [0, 0.1) is 0 Å². The first-order valence-corrected chi connectivity index (χ1v) is 6.64. The van der Waals surface area contributed by atoms with E-state index in [0.717, 1.165) is 13.0 Å². The molecule has 0 radical (unpaired) electrons. The number of hydrogen-bond donors (Lipinski definition) is 4. The van der Waals surface area contributed by atoms with Gasteiger partial charge in [-0.3, -0.25) is 4.79 Å². The molecular weight excluding hydrogens is 282 g/mol. The predicted molar refractivity (Wildman–Crippen MR) is 77.9 cm³/mol. The number of carbonyl (C=O) groups is 2. The molecule has 3 amide bonds. The van der Waals surface area contributed by atoms with E-state index in [1.165, 1.54) is 0 Å². The summed E-state index contributed by atoms with van der Waals surface area (Å²) in [6.07, 6.45) is 0.949. The average molecular weight is 300 g/mol. The van der Waals surface area contributed by atoms with Crippen LogP contribution >= 0.6 is 11.6 Å². The van der Waals surface area contributed by atoms with Gasteiger partial charge < -0.3 is 21.7 Å². The maximum atomic E-state index is 11.9. The molecule has 7 nitrogen and oxygen atoms in total. The molecule has 5 N–H and O–H groups in total. The molecule has 1 aromatic rings. The van der Waals surface area contributed by atoms with Crippen LogP contribution < -0.4 is 21.7 Å². The van der Waals surface area contributed by atoms with Gasteiger partial charge in [0.15, 0.2) is 0 Å². The lowest BCUT2D eigenvalue weighted by molar-refractivity contribution is 0.0949. The number of hydrogen-bond acceptors (Lipinski definition) is 4. The Morgan fingerprint density at radius 2 is 1.95 bits per heavy atom. The Balaban J connectivity index is 2.59. The van der Waals surface area contributed by atoms with Gasteiger partial charge in [0, 0.05) is 19.6 Å². The topological polar surface area (TPSA) is 109 Å². The zero-order valence-corrected chi connectivity index (χ0v) is 12.0. The number of rotatable bonds is 7. The van der Waals surface area contributed by atoms with Gasteiger partial charge in [-0.15, -0.1) is 0 Å². The van der Waals surface area contributed by atoms with Crippen LogP contribution in [0.5, 0.6) is 0 Å². The van der Waals surface area contributed by atoms with Gasteiger partial charge in [0.05, 0.1) is 5.02 Å². The second-order valence-electron chi connectivity index (χ2n) is 4.00. The molecular formula is C12H18ClN5O2. The summed E-state index contributed by atoms with van der Waals surface area (Å²) in [6.45, 7) is 3.28. The van der Waals surface area contributed by atoms with E-state index < -0.39 is 11.9 Å². The van der Waals surface area contributed by atoms with E-state index in [1.807, 2.05) is 6.92 Å². The van der Waals surface area contributed by atoms with Crippen molar-refractivity contribution in [2.75, 3.05) is 25.0 Å². The van der Waals surface area contributed by atoms with Crippen molar-refractivity contribution in [2.45, 2.75) is 13.3 Å². The number of nitrogens with one attached hydrogen (secondary N) is 3. The number of primary amides is 1. The van der Waals surface area contributed by atoms with Gasteiger partial charge in [0.2, 0.25) is 0 Å². The van der Waals surface area contributed by atoms with Crippen molar-refractivity contribution in [1.82, 2.24) is 15.6 Å².